The minimum Gasteiger partial charge on any atom is -0.490 e. The fourth-order valence-corrected chi connectivity index (χ4v) is 2.92. The minimum atomic E-state index is -0.381. The lowest BCUT2D eigenvalue weighted by molar-refractivity contribution is -0.149. The van der Waals surface area contributed by atoms with Gasteiger partial charge >= 0.3 is 5.97 Å². The monoisotopic (exact) mass is 194 g/mol. The molecule has 3 rings (SSSR count). The minimum absolute atomic E-state index is 0.236. The molecule has 0 aromatic carbocycles. The molecule has 3 heteroatoms. The van der Waals surface area contributed by atoms with Gasteiger partial charge in [-0.05, 0) is 18.3 Å². The summed E-state index contributed by atoms with van der Waals surface area (Å²) < 4.78 is 11.2. The first-order chi connectivity index (χ1) is 6.61. The first-order valence-electron chi connectivity index (χ1n) is 5.22. The van der Waals surface area contributed by atoms with Crippen LogP contribution >= 0.6 is 0 Å². The van der Waals surface area contributed by atoms with Gasteiger partial charge < -0.3 is 9.47 Å². The van der Waals surface area contributed by atoms with Crippen LogP contribution in [-0.2, 0) is 14.3 Å². The van der Waals surface area contributed by atoms with E-state index in [-0.39, 0.29) is 17.7 Å². The number of esters is 1. The normalized spacial score (nSPS) is 49.4. The molecule has 2 heterocycles. The third-order valence-electron chi connectivity index (χ3n) is 3.94. The van der Waals surface area contributed by atoms with E-state index < -0.39 is 0 Å². The second-order valence-electron chi connectivity index (χ2n) is 4.82. The second-order valence-corrected chi connectivity index (χ2v) is 4.82. The van der Waals surface area contributed by atoms with E-state index in [1.165, 1.54) is 6.08 Å². The Hall–Kier alpha value is -0.990. The van der Waals surface area contributed by atoms with E-state index >= 15 is 0 Å². The van der Waals surface area contributed by atoms with E-state index in [1.54, 1.807) is 0 Å². The molecule has 1 aliphatic carbocycles. The lowest BCUT2D eigenvalue weighted by atomic mass is 9.73. The highest BCUT2D eigenvalue weighted by molar-refractivity contribution is 5.86. The van der Waals surface area contributed by atoms with Crippen molar-refractivity contribution in [3.63, 3.8) is 0 Å². The van der Waals surface area contributed by atoms with Crippen molar-refractivity contribution in [3.8, 4) is 0 Å². The molecule has 3 aliphatic rings. The van der Waals surface area contributed by atoms with E-state index in [0.29, 0.717) is 11.8 Å². The number of hydrogen-bond acceptors (Lipinski definition) is 3. The Bertz CT molecular complexity index is 333. The van der Waals surface area contributed by atoms with Gasteiger partial charge in [0.15, 0.2) is 5.60 Å². The van der Waals surface area contributed by atoms with Crippen molar-refractivity contribution in [1.82, 2.24) is 0 Å². The van der Waals surface area contributed by atoms with E-state index in [2.05, 4.69) is 13.8 Å². The lowest BCUT2D eigenvalue weighted by Gasteiger charge is -2.34. The third-order valence-corrected chi connectivity index (χ3v) is 3.94. The Labute approximate surface area is 83.1 Å². The van der Waals surface area contributed by atoms with Crippen LogP contribution in [-0.4, -0.2) is 17.7 Å². The molecular formula is C11H14O3. The van der Waals surface area contributed by atoms with Gasteiger partial charge in [-0.2, -0.15) is 0 Å². The largest absolute Gasteiger partial charge is 0.490 e. The van der Waals surface area contributed by atoms with Gasteiger partial charge in [-0.25, -0.2) is 4.79 Å². The predicted octanol–water partition coefficient (Wildman–Crippen LogP) is 1.63. The molecule has 1 saturated heterocycles. The Kier molecular flexibility index (Phi) is 1.38. The van der Waals surface area contributed by atoms with Crippen molar-refractivity contribution in [2.45, 2.75) is 38.4 Å². The van der Waals surface area contributed by atoms with Gasteiger partial charge in [0.05, 0.1) is 6.08 Å². The molecule has 0 unspecified atom stereocenters. The maximum absolute atomic E-state index is 11.2. The molecule has 2 bridgehead atoms. The van der Waals surface area contributed by atoms with Gasteiger partial charge in [-0.1, -0.05) is 13.8 Å². The Morgan fingerprint density at radius 2 is 2.21 bits per heavy atom. The van der Waals surface area contributed by atoms with E-state index in [9.17, 15) is 4.79 Å². The summed E-state index contributed by atoms with van der Waals surface area (Å²) in [6, 6.07) is 0. The number of fused-ring (bicyclic) bond motifs is 1. The summed E-state index contributed by atoms with van der Waals surface area (Å²) >= 11 is 0. The van der Waals surface area contributed by atoms with Gasteiger partial charge in [0.2, 0.25) is 0 Å². The molecule has 76 valence electrons. The number of carbonyl (C=O) groups is 1. The highest BCUT2D eigenvalue weighted by atomic mass is 16.6. The van der Waals surface area contributed by atoms with Crippen LogP contribution in [0.25, 0.3) is 0 Å². The van der Waals surface area contributed by atoms with Gasteiger partial charge in [0, 0.05) is 6.42 Å². The van der Waals surface area contributed by atoms with Crippen LogP contribution in [0.15, 0.2) is 11.8 Å². The summed E-state index contributed by atoms with van der Waals surface area (Å²) in [4.78, 5) is 11.2. The van der Waals surface area contributed by atoms with Crippen LogP contribution in [0.2, 0.25) is 0 Å². The molecule has 4 atom stereocenters. The van der Waals surface area contributed by atoms with Gasteiger partial charge in [-0.15, -0.1) is 0 Å². The molecule has 2 aliphatic heterocycles. The van der Waals surface area contributed by atoms with Crippen molar-refractivity contribution in [2.24, 2.45) is 11.8 Å². The Morgan fingerprint density at radius 1 is 1.43 bits per heavy atom. The first kappa shape index (κ1) is 8.33. The fraction of sp³-hybridized carbons (Fsp3) is 0.727. The summed E-state index contributed by atoms with van der Waals surface area (Å²) in [6.45, 7) is 4.42. The third kappa shape index (κ3) is 0.851. The van der Waals surface area contributed by atoms with Crippen LogP contribution in [0.5, 0.6) is 0 Å². The number of ether oxygens (including phenoxy) is 2. The first-order valence-corrected chi connectivity index (χ1v) is 5.22. The van der Waals surface area contributed by atoms with E-state index in [0.717, 1.165) is 18.6 Å². The molecule has 3 nitrogen and oxygen atoms in total. The lowest BCUT2D eigenvalue weighted by Crippen LogP contribution is -2.40. The zero-order chi connectivity index (χ0) is 9.92. The molecule has 0 radical (unpaired) electrons. The quantitative estimate of drug-likeness (QED) is 0.550. The molecular weight excluding hydrogens is 180 g/mol. The van der Waals surface area contributed by atoms with Crippen molar-refractivity contribution in [3.05, 3.63) is 11.8 Å². The van der Waals surface area contributed by atoms with Crippen LogP contribution in [0.4, 0.5) is 0 Å². The van der Waals surface area contributed by atoms with Gasteiger partial charge in [0.1, 0.15) is 11.9 Å². The summed E-state index contributed by atoms with van der Waals surface area (Å²) in [5.41, 5.74) is -0.381. The van der Waals surface area contributed by atoms with Gasteiger partial charge in [0.25, 0.3) is 0 Å². The fourth-order valence-electron chi connectivity index (χ4n) is 2.92. The number of carbonyl (C=O) groups excluding carboxylic acids is 1. The molecule has 0 amide bonds. The maximum atomic E-state index is 11.2. The van der Waals surface area contributed by atoms with Crippen molar-refractivity contribution >= 4 is 5.97 Å². The van der Waals surface area contributed by atoms with E-state index in [1.807, 2.05) is 0 Å². The average Bonchev–Trinajstić information content (AvgIpc) is 2.51. The van der Waals surface area contributed by atoms with Crippen molar-refractivity contribution in [1.29, 1.82) is 0 Å². The summed E-state index contributed by atoms with van der Waals surface area (Å²) in [7, 11) is 0. The van der Waals surface area contributed by atoms with Crippen LogP contribution in [0.3, 0.4) is 0 Å². The number of rotatable bonds is 0. The van der Waals surface area contributed by atoms with Crippen molar-refractivity contribution < 1.29 is 14.3 Å². The zero-order valence-electron chi connectivity index (χ0n) is 8.45. The summed E-state index contributed by atoms with van der Waals surface area (Å²) in [5, 5.41) is 0. The number of hydrogen-bond donors (Lipinski definition) is 0. The molecule has 1 spiro atoms. The zero-order valence-corrected chi connectivity index (χ0v) is 8.45. The molecule has 0 N–H and O–H groups in total. The SMILES string of the molecule is C[C@@H]1[C@H](C)C[C@]23C[C@H]1OC2=CC(=O)O3. The maximum Gasteiger partial charge on any atom is 0.335 e. The van der Waals surface area contributed by atoms with Gasteiger partial charge in [-0.3, -0.25) is 0 Å². The summed E-state index contributed by atoms with van der Waals surface area (Å²) in [5.74, 6) is 1.67. The molecule has 1 saturated carbocycles. The second kappa shape index (κ2) is 2.33. The predicted molar refractivity (Wildman–Crippen MR) is 49.3 cm³/mol. The standard InChI is InChI=1S/C11H14O3/c1-6-4-11-5-8(7(6)2)13-9(11)3-10(12)14-11/h3,6-8H,4-5H2,1-2H3/t6-,7-,8-,11+/m1/s1. The van der Waals surface area contributed by atoms with Crippen LogP contribution < -0.4 is 0 Å². The van der Waals surface area contributed by atoms with Crippen molar-refractivity contribution in [2.75, 3.05) is 0 Å². The Morgan fingerprint density at radius 3 is 3.00 bits per heavy atom. The smallest absolute Gasteiger partial charge is 0.335 e. The molecule has 0 aromatic heterocycles. The van der Waals surface area contributed by atoms with Crippen LogP contribution in [0.1, 0.15) is 26.7 Å². The topological polar surface area (TPSA) is 35.5 Å². The van der Waals surface area contributed by atoms with E-state index in [4.69, 9.17) is 9.47 Å². The average molecular weight is 194 g/mol. The molecule has 0 aromatic rings. The Balaban J connectivity index is 2.01. The molecule has 2 fully saturated rings. The highest BCUT2D eigenvalue weighted by Gasteiger charge is 2.58. The highest BCUT2D eigenvalue weighted by Crippen LogP contribution is 2.52. The van der Waals surface area contributed by atoms with Crippen LogP contribution in [0, 0.1) is 11.8 Å². The summed E-state index contributed by atoms with van der Waals surface area (Å²) in [6.07, 6.45) is 3.54. The molecule has 14 heavy (non-hydrogen) atoms.